The quantitative estimate of drug-likeness (QED) is 0.708. The minimum absolute atomic E-state index is 0.325. The van der Waals surface area contributed by atoms with E-state index >= 15 is 0 Å². The summed E-state index contributed by atoms with van der Waals surface area (Å²) in [5, 5.41) is 2.45. The number of carbonyl (C=O) groups is 3. The summed E-state index contributed by atoms with van der Waals surface area (Å²) in [6.45, 7) is 2.18. The van der Waals surface area contributed by atoms with E-state index in [0.717, 1.165) is 12.7 Å². The first kappa shape index (κ1) is 15.4. The van der Waals surface area contributed by atoms with Gasteiger partial charge in [0.25, 0.3) is 0 Å². The Morgan fingerprint density at radius 3 is 2.63 bits per heavy atom. The number of hydrogen-bond acceptors (Lipinski definition) is 5. The van der Waals surface area contributed by atoms with E-state index in [1.807, 2.05) is 0 Å². The van der Waals surface area contributed by atoms with Crippen LogP contribution >= 0.6 is 0 Å². The number of amides is 2. The molecule has 7 heteroatoms. The second-order valence-electron chi connectivity index (χ2n) is 4.43. The summed E-state index contributed by atoms with van der Waals surface area (Å²) in [4.78, 5) is 36.1. The average molecular weight is 272 g/mol. The third-order valence-corrected chi connectivity index (χ3v) is 3.31. The number of rotatable bonds is 5. The molecule has 1 saturated heterocycles. The van der Waals surface area contributed by atoms with Gasteiger partial charge in [0.1, 0.15) is 12.3 Å². The van der Waals surface area contributed by atoms with Crippen LogP contribution in [0.2, 0.25) is 0 Å². The normalized spacial score (nSPS) is 21.6. The van der Waals surface area contributed by atoms with Crippen molar-refractivity contribution < 1.29 is 23.9 Å². The highest BCUT2D eigenvalue weighted by Crippen LogP contribution is 2.17. The second kappa shape index (κ2) is 7.08. The highest BCUT2D eigenvalue weighted by Gasteiger charge is 2.36. The molecular weight excluding hydrogens is 252 g/mol. The summed E-state index contributed by atoms with van der Waals surface area (Å²) < 4.78 is 9.60. The minimum Gasteiger partial charge on any atom is -0.453 e. The first-order valence-corrected chi connectivity index (χ1v) is 6.18. The Kier molecular flexibility index (Phi) is 5.75. The Morgan fingerprint density at radius 1 is 1.42 bits per heavy atom. The molecule has 3 atom stereocenters. The van der Waals surface area contributed by atoms with Gasteiger partial charge in [-0.05, 0) is 19.8 Å². The molecule has 0 spiro atoms. The van der Waals surface area contributed by atoms with Crippen LogP contribution in [0.4, 0.5) is 4.79 Å². The molecule has 1 aliphatic heterocycles. The number of carbonyl (C=O) groups excluding carboxylic acids is 3. The van der Waals surface area contributed by atoms with Crippen molar-refractivity contribution in [1.82, 2.24) is 10.2 Å². The van der Waals surface area contributed by atoms with Crippen molar-refractivity contribution in [1.29, 1.82) is 0 Å². The zero-order valence-corrected chi connectivity index (χ0v) is 11.4. The first-order valence-electron chi connectivity index (χ1n) is 6.18. The molecule has 1 unspecified atom stereocenters. The van der Waals surface area contributed by atoms with Gasteiger partial charge in [-0.2, -0.15) is 0 Å². The van der Waals surface area contributed by atoms with Gasteiger partial charge in [-0.15, -0.1) is 0 Å². The molecule has 7 nitrogen and oxygen atoms in total. The maximum atomic E-state index is 12.4. The molecule has 0 aromatic carbocycles. The number of aldehydes is 1. The predicted molar refractivity (Wildman–Crippen MR) is 66.6 cm³/mol. The molecule has 0 radical (unpaired) electrons. The van der Waals surface area contributed by atoms with Crippen LogP contribution in [0.25, 0.3) is 0 Å². The first-order chi connectivity index (χ1) is 9.04. The van der Waals surface area contributed by atoms with Crippen LogP contribution in [-0.4, -0.2) is 62.1 Å². The number of alkyl carbamates (subject to hydrolysis) is 1. The highest BCUT2D eigenvalue weighted by atomic mass is 16.5. The van der Waals surface area contributed by atoms with E-state index in [4.69, 9.17) is 4.74 Å². The fourth-order valence-corrected chi connectivity index (χ4v) is 2.09. The number of ether oxygens (including phenoxy) is 2. The number of methoxy groups -OCH3 is 2. The zero-order chi connectivity index (χ0) is 14.4. The molecule has 0 aromatic rings. The van der Waals surface area contributed by atoms with Crippen LogP contribution < -0.4 is 5.32 Å². The zero-order valence-electron chi connectivity index (χ0n) is 11.4. The SMILES string of the molecule is COC(=O)N[C@H](C(=O)N1CCCC1C=O)[C@@H](C)OC. The Hall–Kier alpha value is -1.63. The fraction of sp³-hybridized carbons (Fsp3) is 0.750. The van der Waals surface area contributed by atoms with Crippen molar-refractivity contribution in [2.45, 2.75) is 38.0 Å². The summed E-state index contributed by atoms with van der Waals surface area (Å²) >= 11 is 0. The molecule has 19 heavy (non-hydrogen) atoms. The molecule has 1 aliphatic rings. The van der Waals surface area contributed by atoms with Gasteiger partial charge in [-0.1, -0.05) is 0 Å². The monoisotopic (exact) mass is 272 g/mol. The molecule has 1 rings (SSSR count). The Bertz CT molecular complexity index is 347. The minimum atomic E-state index is -0.863. The van der Waals surface area contributed by atoms with Crippen LogP contribution in [0.3, 0.4) is 0 Å². The summed E-state index contributed by atoms with van der Waals surface area (Å²) in [7, 11) is 2.67. The number of likely N-dealkylation sites (tertiary alicyclic amines) is 1. The van der Waals surface area contributed by atoms with Gasteiger partial charge in [0, 0.05) is 13.7 Å². The molecule has 0 aromatic heterocycles. The molecule has 0 bridgehead atoms. The summed E-state index contributed by atoms with van der Waals surface area (Å²) in [6.07, 6.45) is 0.976. The Balaban J connectivity index is 2.81. The summed E-state index contributed by atoms with van der Waals surface area (Å²) in [6, 6.07) is -1.28. The van der Waals surface area contributed by atoms with Gasteiger partial charge in [-0.25, -0.2) is 4.79 Å². The van der Waals surface area contributed by atoms with Crippen molar-refractivity contribution in [2.75, 3.05) is 20.8 Å². The largest absolute Gasteiger partial charge is 0.453 e. The van der Waals surface area contributed by atoms with Crippen molar-refractivity contribution in [3.63, 3.8) is 0 Å². The Labute approximate surface area is 112 Å². The molecule has 1 fully saturated rings. The third kappa shape index (κ3) is 3.66. The molecule has 1 heterocycles. The smallest absolute Gasteiger partial charge is 0.407 e. The molecule has 0 saturated carbocycles. The molecular formula is C12H20N2O5. The van der Waals surface area contributed by atoms with Gasteiger partial charge in [0.15, 0.2) is 0 Å². The van der Waals surface area contributed by atoms with Gasteiger partial charge in [-0.3, -0.25) is 4.79 Å². The van der Waals surface area contributed by atoms with Crippen LogP contribution in [0.5, 0.6) is 0 Å². The van der Waals surface area contributed by atoms with Crippen LogP contribution in [0.1, 0.15) is 19.8 Å². The van der Waals surface area contributed by atoms with E-state index in [9.17, 15) is 14.4 Å². The molecule has 1 N–H and O–H groups in total. The van der Waals surface area contributed by atoms with E-state index in [0.29, 0.717) is 13.0 Å². The average Bonchev–Trinajstić information content (AvgIpc) is 2.91. The van der Waals surface area contributed by atoms with Crippen molar-refractivity contribution in [3.8, 4) is 0 Å². The lowest BCUT2D eigenvalue weighted by Crippen LogP contribution is -2.55. The van der Waals surface area contributed by atoms with Gasteiger partial charge in [0.2, 0.25) is 5.91 Å². The molecule has 2 amide bonds. The topological polar surface area (TPSA) is 84.9 Å². The van der Waals surface area contributed by atoms with Crippen LogP contribution in [-0.2, 0) is 19.1 Å². The van der Waals surface area contributed by atoms with Crippen molar-refractivity contribution in [2.24, 2.45) is 0 Å². The standard InChI is InChI=1S/C12H20N2O5/c1-8(18-2)10(13-12(17)19-3)11(16)14-6-4-5-9(14)7-15/h7-10H,4-6H2,1-3H3,(H,13,17)/t8-,9?,10+/m1/s1. The van der Waals surface area contributed by atoms with Crippen molar-refractivity contribution >= 4 is 18.3 Å². The number of hydrogen-bond donors (Lipinski definition) is 1. The molecule has 108 valence electrons. The van der Waals surface area contributed by atoms with Crippen molar-refractivity contribution in [3.05, 3.63) is 0 Å². The Morgan fingerprint density at radius 2 is 2.11 bits per heavy atom. The second-order valence-corrected chi connectivity index (χ2v) is 4.43. The highest BCUT2D eigenvalue weighted by molar-refractivity contribution is 5.88. The van der Waals surface area contributed by atoms with Gasteiger partial charge >= 0.3 is 6.09 Å². The van der Waals surface area contributed by atoms with E-state index in [1.165, 1.54) is 19.1 Å². The van der Waals surface area contributed by atoms with Gasteiger partial charge in [0.05, 0.1) is 19.3 Å². The maximum absolute atomic E-state index is 12.4. The molecule has 0 aliphatic carbocycles. The van der Waals surface area contributed by atoms with E-state index in [1.54, 1.807) is 6.92 Å². The maximum Gasteiger partial charge on any atom is 0.407 e. The van der Waals surface area contributed by atoms with E-state index < -0.39 is 24.3 Å². The lowest BCUT2D eigenvalue weighted by Gasteiger charge is -2.29. The fourth-order valence-electron chi connectivity index (χ4n) is 2.09. The lowest BCUT2D eigenvalue weighted by molar-refractivity contribution is -0.139. The van der Waals surface area contributed by atoms with E-state index in [2.05, 4.69) is 10.1 Å². The number of nitrogens with one attached hydrogen (secondary N) is 1. The van der Waals surface area contributed by atoms with Crippen LogP contribution in [0, 0.1) is 0 Å². The summed E-state index contributed by atoms with van der Waals surface area (Å²) in [5.41, 5.74) is 0. The van der Waals surface area contributed by atoms with E-state index in [-0.39, 0.29) is 5.91 Å². The lowest BCUT2D eigenvalue weighted by atomic mass is 10.1. The predicted octanol–water partition coefficient (Wildman–Crippen LogP) is -0.0642. The van der Waals surface area contributed by atoms with Crippen LogP contribution in [0.15, 0.2) is 0 Å². The third-order valence-electron chi connectivity index (χ3n) is 3.31. The summed E-state index contributed by atoms with van der Waals surface area (Å²) in [5.74, 6) is -0.325. The number of nitrogens with zero attached hydrogens (tertiary/aromatic N) is 1. The van der Waals surface area contributed by atoms with Gasteiger partial charge < -0.3 is 24.5 Å².